The summed E-state index contributed by atoms with van der Waals surface area (Å²) in [7, 11) is 0. The second kappa shape index (κ2) is 8.47. The minimum atomic E-state index is -0.466. The molecule has 0 saturated heterocycles. The maximum atomic E-state index is 13.5. The van der Waals surface area contributed by atoms with Crippen molar-refractivity contribution in [1.82, 2.24) is 0 Å². The number of ether oxygens (including phenoxy) is 2. The third kappa shape index (κ3) is 4.43. The fourth-order valence-electron chi connectivity index (χ4n) is 6.75. The van der Waals surface area contributed by atoms with Crippen molar-refractivity contribution in [2.24, 2.45) is 22.7 Å². The molecule has 30 heavy (non-hydrogen) atoms. The Morgan fingerprint density at radius 2 is 1.50 bits per heavy atom. The van der Waals surface area contributed by atoms with Crippen LogP contribution in [0.2, 0.25) is 0 Å². The molecular weight excluding hydrogens is 376 g/mol. The lowest BCUT2D eigenvalue weighted by molar-refractivity contribution is -0.224. The minimum Gasteiger partial charge on any atom is -0.459 e. The number of hydrogen-bond donors (Lipinski definition) is 0. The van der Waals surface area contributed by atoms with E-state index in [2.05, 4.69) is 6.92 Å². The smallest absolute Gasteiger partial charge is 0.312 e. The van der Waals surface area contributed by atoms with Crippen LogP contribution in [-0.2, 0) is 19.1 Å². The summed E-state index contributed by atoms with van der Waals surface area (Å²) < 4.78 is 12.5. The number of rotatable bonds is 5. The van der Waals surface area contributed by atoms with Crippen molar-refractivity contribution < 1.29 is 19.1 Å². The molecule has 0 radical (unpaired) electrons. The van der Waals surface area contributed by atoms with E-state index < -0.39 is 16.4 Å². The first-order chi connectivity index (χ1) is 14.1. The van der Waals surface area contributed by atoms with E-state index >= 15 is 0 Å². The highest BCUT2D eigenvalue weighted by Crippen LogP contribution is 2.63. The van der Waals surface area contributed by atoms with Crippen LogP contribution in [0.1, 0.15) is 119 Å². The molecule has 0 amide bonds. The third-order valence-electron chi connectivity index (χ3n) is 8.44. The van der Waals surface area contributed by atoms with Gasteiger partial charge in [0.15, 0.2) is 0 Å². The zero-order chi connectivity index (χ0) is 22.2. The van der Waals surface area contributed by atoms with Gasteiger partial charge in [-0.05, 0) is 96.8 Å². The highest BCUT2D eigenvalue weighted by molar-refractivity contribution is 5.79. The molecule has 4 bridgehead atoms. The Kier molecular flexibility index (Phi) is 6.66. The van der Waals surface area contributed by atoms with E-state index in [4.69, 9.17) is 9.47 Å². The van der Waals surface area contributed by atoms with Gasteiger partial charge in [0.05, 0.1) is 10.8 Å². The molecule has 0 spiro atoms. The first kappa shape index (κ1) is 23.6. The molecular formula is C26H44O4. The largest absolute Gasteiger partial charge is 0.459 e. The Morgan fingerprint density at radius 3 is 2.03 bits per heavy atom. The summed E-state index contributed by atoms with van der Waals surface area (Å²) >= 11 is 0. The van der Waals surface area contributed by atoms with Crippen LogP contribution in [0, 0.1) is 22.7 Å². The van der Waals surface area contributed by atoms with Crippen LogP contribution in [-0.4, -0.2) is 23.1 Å². The van der Waals surface area contributed by atoms with E-state index in [9.17, 15) is 9.59 Å². The predicted molar refractivity (Wildman–Crippen MR) is 119 cm³/mol. The van der Waals surface area contributed by atoms with Crippen LogP contribution >= 0.6 is 0 Å². The van der Waals surface area contributed by atoms with Crippen LogP contribution in [0.5, 0.6) is 0 Å². The highest BCUT2D eigenvalue weighted by atomic mass is 16.6. The van der Waals surface area contributed by atoms with Gasteiger partial charge in [0, 0.05) is 6.42 Å². The molecule has 5 aliphatic carbocycles. The topological polar surface area (TPSA) is 52.6 Å². The summed E-state index contributed by atoms with van der Waals surface area (Å²) in [5, 5.41) is 0. The number of hydrogen-bond acceptors (Lipinski definition) is 4. The summed E-state index contributed by atoms with van der Waals surface area (Å²) in [5.74, 6) is 0.886. The normalized spacial score (nSPS) is 36.5. The van der Waals surface area contributed by atoms with Gasteiger partial charge in [-0.25, -0.2) is 0 Å². The van der Waals surface area contributed by atoms with Gasteiger partial charge in [0.2, 0.25) is 0 Å². The fourth-order valence-corrected chi connectivity index (χ4v) is 6.75. The zero-order valence-corrected chi connectivity index (χ0v) is 20.3. The van der Waals surface area contributed by atoms with Crippen molar-refractivity contribution in [2.75, 3.05) is 0 Å². The molecule has 0 aromatic heterocycles. The second-order valence-corrected chi connectivity index (χ2v) is 11.5. The van der Waals surface area contributed by atoms with Gasteiger partial charge in [-0.2, -0.15) is 0 Å². The van der Waals surface area contributed by atoms with Crippen molar-refractivity contribution in [2.45, 2.75) is 130 Å². The van der Waals surface area contributed by atoms with E-state index in [-0.39, 0.29) is 17.5 Å². The molecule has 4 nitrogen and oxygen atoms in total. The maximum absolute atomic E-state index is 13.5. The quantitative estimate of drug-likeness (QED) is 0.470. The molecule has 4 heteroatoms. The van der Waals surface area contributed by atoms with Gasteiger partial charge in [0.25, 0.3) is 0 Å². The van der Waals surface area contributed by atoms with Gasteiger partial charge < -0.3 is 9.47 Å². The Hall–Kier alpha value is -1.06. The molecule has 0 N–H and O–H groups in total. The molecule has 0 heterocycles. The molecule has 5 saturated carbocycles. The first-order valence-corrected chi connectivity index (χ1v) is 12.6. The van der Waals surface area contributed by atoms with E-state index in [1.807, 2.05) is 34.6 Å². The molecule has 5 aliphatic rings. The van der Waals surface area contributed by atoms with Gasteiger partial charge in [-0.15, -0.1) is 0 Å². The fraction of sp³-hybridized carbons (Fsp3) is 0.923. The SMILES string of the molecule is CC.CCC(C)(C)C(=O)OC12CC3CC(C1)CC(C(=O)OC1(C)CCCCC1)(C3)C2. The summed E-state index contributed by atoms with van der Waals surface area (Å²) in [5.41, 5.74) is -1.64. The third-order valence-corrected chi connectivity index (χ3v) is 8.44. The van der Waals surface area contributed by atoms with Gasteiger partial charge in [0.1, 0.15) is 11.2 Å². The van der Waals surface area contributed by atoms with Crippen LogP contribution in [0.15, 0.2) is 0 Å². The van der Waals surface area contributed by atoms with E-state index in [1.54, 1.807) is 0 Å². The average Bonchev–Trinajstić information content (AvgIpc) is 2.68. The summed E-state index contributed by atoms with van der Waals surface area (Å²) in [6.45, 7) is 12.1. The number of esters is 2. The Bertz CT molecular complexity index is 629. The molecule has 2 unspecified atom stereocenters. The predicted octanol–water partition coefficient (Wildman–Crippen LogP) is 6.60. The second-order valence-electron chi connectivity index (χ2n) is 11.5. The molecule has 2 atom stereocenters. The molecule has 0 aromatic carbocycles. The zero-order valence-electron chi connectivity index (χ0n) is 20.3. The molecule has 0 aliphatic heterocycles. The van der Waals surface area contributed by atoms with Crippen molar-refractivity contribution in [1.29, 1.82) is 0 Å². The number of carbonyl (C=O) groups is 2. The van der Waals surface area contributed by atoms with Crippen LogP contribution < -0.4 is 0 Å². The van der Waals surface area contributed by atoms with Crippen molar-refractivity contribution in [3.63, 3.8) is 0 Å². The van der Waals surface area contributed by atoms with Crippen LogP contribution in [0.3, 0.4) is 0 Å². The lowest BCUT2D eigenvalue weighted by Crippen LogP contribution is -2.61. The van der Waals surface area contributed by atoms with Crippen LogP contribution in [0.4, 0.5) is 0 Å². The Labute approximate surface area is 183 Å². The highest BCUT2D eigenvalue weighted by Gasteiger charge is 2.63. The monoisotopic (exact) mass is 420 g/mol. The van der Waals surface area contributed by atoms with E-state index in [1.165, 1.54) is 12.8 Å². The molecule has 5 rings (SSSR count). The van der Waals surface area contributed by atoms with Crippen molar-refractivity contribution >= 4 is 11.9 Å². The number of carbonyl (C=O) groups excluding carboxylic acids is 2. The standard InChI is InChI=1S/C24H38O4.C2H6/c1-5-21(2,3)19(25)28-24-14-17-11-18(15-24)13-23(12-17,16-24)20(26)27-22(4)9-7-6-8-10-22;1-2/h17-18H,5-16H2,1-4H3;1-2H3. The van der Waals surface area contributed by atoms with E-state index in [0.717, 1.165) is 57.8 Å². The Balaban J connectivity index is 0.00000124. The Morgan fingerprint density at radius 1 is 0.933 bits per heavy atom. The average molecular weight is 421 g/mol. The van der Waals surface area contributed by atoms with Gasteiger partial charge >= 0.3 is 11.9 Å². The van der Waals surface area contributed by atoms with Crippen LogP contribution in [0.25, 0.3) is 0 Å². The minimum absolute atomic E-state index is 0.00109. The first-order valence-electron chi connectivity index (χ1n) is 12.6. The molecule has 5 fully saturated rings. The van der Waals surface area contributed by atoms with Crippen molar-refractivity contribution in [3.05, 3.63) is 0 Å². The lowest BCUT2D eigenvalue weighted by atomic mass is 9.47. The van der Waals surface area contributed by atoms with Crippen molar-refractivity contribution in [3.8, 4) is 0 Å². The van der Waals surface area contributed by atoms with E-state index in [0.29, 0.717) is 18.3 Å². The summed E-state index contributed by atoms with van der Waals surface area (Å²) in [6, 6.07) is 0. The maximum Gasteiger partial charge on any atom is 0.312 e. The van der Waals surface area contributed by atoms with Gasteiger partial charge in [-0.3, -0.25) is 9.59 Å². The summed E-state index contributed by atoms with van der Waals surface area (Å²) in [6.07, 6.45) is 11.8. The van der Waals surface area contributed by atoms with Gasteiger partial charge in [-0.1, -0.05) is 27.2 Å². The molecule has 172 valence electrons. The lowest BCUT2D eigenvalue weighted by Gasteiger charge is -2.60. The molecule has 0 aromatic rings. The summed E-state index contributed by atoms with van der Waals surface area (Å²) in [4.78, 5) is 26.4.